The highest BCUT2D eigenvalue weighted by atomic mass is 16.2. The fourth-order valence-electron chi connectivity index (χ4n) is 4.54. The summed E-state index contributed by atoms with van der Waals surface area (Å²) in [4.78, 5) is 66.2. The maximum absolute atomic E-state index is 12.8. The van der Waals surface area contributed by atoms with E-state index >= 15 is 0 Å². The number of urea groups is 1. The zero-order valence-corrected chi connectivity index (χ0v) is 18.8. The highest BCUT2D eigenvalue weighted by Gasteiger charge is 2.52. The number of aromatic amines is 1. The summed E-state index contributed by atoms with van der Waals surface area (Å²) in [5, 5.41) is 3.41. The SMILES string of the molecule is CN(CC(=O)NN1C(=O)NC2(CCCCC2)C1=O)c1c(N)n(Cc2ccccc2)c(=O)[nH]c1=O. The molecule has 34 heavy (non-hydrogen) atoms. The number of anilines is 2. The molecule has 1 aromatic heterocycles. The molecule has 2 aromatic rings. The Kier molecular flexibility index (Phi) is 6.14. The fraction of sp³-hybridized carbons (Fsp3) is 0.409. The van der Waals surface area contributed by atoms with E-state index in [0.29, 0.717) is 17.9 Å². The van der Waals surface area contributed by atoms with Gasteiger partial charge < -0.3 is 16.0 Å². The third-order valence-electron chi connectivity index (χ3n) is 6.27. The standard InChI is InChI=1S/C22H27N7O5/c1-27(13-15(30)26-29-19(32)22(25-21(29)34)10-6-3-7-11-22)16-17(23)28(20(33)24-18(16)31)12-14-8-4-2-5-9-14/h2,4-5,8-9H,3,6-7,10-13,23H2,1H3,(H,25,34)(H,26,30)(H,24,31,33). The number of nitrogens with zero attached hydrogens (tertiary/aromatic N) is 3. The van der Waals surface area contributed by atoms with Crippen LogP contribution in [0.1, 0.15) is 37.7 Å². The van der Waals surface area contributed by atoms with Crippen LogP contribution in [0.25, 0.3) is 0 Å². The van der Waals surface area contributed by atoms with Crippen LogP contribution in [0.5, 0.6) is 0 Å². The lowest BCUT2D eigenvalue weighted by Crippen LogP contribution is -2.52. The molecule has 1 saturated carbocycles. The van der Waals surface area contributed by atoms with Gasteiger partial charge in [0, 0.05) is 7.05 Å². The molecule has 1 saturated heterocycles. The summed E-state index contributed by atoms with van der Waals surface area (Å²) in [6.07, 6.45) is 3.68. The smallest absolute Gasteiger partial charge is 0.344 e. The lowest BCUT2D eigenvalue weighted by molar-refractivity contribution is -0.139. The third kappa shape index (κ3) is 4.26. The van der Waals surface area contributed by atoms with Gasteiger partial charge in [0.2, 0.25) is 0 Å². The van der Waals surface area contributed by atoms with Gasteiger partial charge >= 0.3 is 11.7 Å². The topological polar surface area (TPSA) is 163 Å². The molecular weight excluding hydrogens is 442 g/mol. The van der Waals surface area contributed by atoms with Crippen LogP contribution < -0.4 is 32.6 Å². The van der Waals surface area contributed by atoms with Crippen molar-refractivity contribution in [1.82, 2.24) is 25.3 Å². The first-order valence-corrected chi connectivity index (χ1v) is 11.1. The van der Waals surface area contributed by atoms with Gasteiger partial charge in [-0.2, -0.15) is 5.01 Å². The van der Waals surface area contributed by atoms with Crippen molar-refractivity contribution in [3.63, 3.8) is 0 Å². The lowest BCUT2D eigenvalue weighted by Gasteiger charge is -2.30. The number of carbonyl (C=O) groups excluding carboxylic acids is 3. The first-order chi connectivity index (χ1) is 16.2. The van der Waals surface area contributed by atoms with E-state index in [2.05, 4.69) is 15.7 Å². The minimum Gasteiger partial charge on any atom is -0.383 e. The molecular formula is C22H27N7O5. The van der Waals surface area contributed by atoms with E-state index in [9.17, 15) is 24.0 Å². The normalized spacial score (nSPS) is 17.0. The lowest BCUT2D eigenvalue weighted by atomic mass is 9.82. The van der Waals surface area contributed by atoms with Gasteiger partial charge in [-0.1, -0.05) is 49.6 Å². The molecule has 1 spiro atoms. The molecule has 2 aliphatic rings. The minimum absolute atomic E-state index is 0.0772. The number of nitrogens with one attached hydrogen (secondary N) is 3. The molecule has 5 N–H and O–H groups in total. The average molecular weight is 470 g/mol. The number of carbonyl (C=O) groups is 3. The van der Waals surface area contributed by atoms with Crippen molar-refractivity contribution in [3.05, 3.63) is 56.7 Å². The molecule has 4 amide bonds. The van der Waals surface area contributed by atoms with Gasteiger partial charge in [0.1, 0.15) is 17.0 Å². The van der Waals surface area contributed by atoms with Crippen molar-refractivity contribution in [3.8, 4) is 0 Å². The number of hydrogen-bond acceptors (Lipinski definition) is 7. The van der Waals surface area contributed by atoms with Crippen molar-refractivity contribution < 1.29 is 14.4 Å². The highest BCUT2D eigenvalue weighted by molar-refractivity contribution is 6.08. The molecule has 0 radical (unpaired) electrons. The van der Waals surface area contributed by atoms with E-state index in [1.54, 1.807) is 0 Å². The number of hydrogen-bond donors (Lipinski definition) is 4. The summed E-state index contributed by atoms with van der Waals surface area (Å²) in [5.74, 6) is -1.29. The predicted molar refractivity (Wildman–Crippen MR) is 124 cm³/mol. The van der Waals surface area contributed by atoms with Crippen LogP contribution in [0.2, 0.25) is 0 Å². The van der Waals surface area contributed by atoms with Crippen LogP contribution in [0, 0.1) is 0 Å². The largest absolute Gasteiger partial charge is 0.383 e. The Labute approximate surface area is 194 Å². The number of likely N-dealkylation sites (N-methyl/N-ethyl adjacent to an activating group) is 1. The molecule has 180 valence electrons. The number of hydrazine groups is 1. The van der Waals surface area contributed by atoms with Gasteiger partial charge in [-0.05, 0) is 18.4 Å². The van der Waals surface area contributed by atoms with Gasteiger partial charge in [0.25, 0.3) is 17.4 Å². The van der Waals surface area contributed by atoms with Gasteiger partial charge in [0.05, 0.1) is 13.1 Å². The van der Waals surface area contributed by atoms with Crippen LogP contribution in [-0.4, -0.2) is 51.5 Å². The van der Waals surface area contributed by atoms with Crippen LogP contribution >= 0.6 is 0 Å². The molecule has 0 atom stereocenters. The maximum atomic E-state index is 12.8. The van der Waals surface area contributed by atoms with Gasteiger partial charge in [-0.15, -0.1) is 0 Å². The molecule has 12 heteroatoms. The molecule has 0 unspecified atom stereocenters. The van der Waals surface area contributed by atoms with E-state index in [0.717, 1.165) is 24.8 Å². The molecule has 1 aromatic carbocycles. The first kappa shape index (κ1) is 23.1. The van der Waals surface area contributed by atoms with Gasteiger partial charge in [0.15, 0.2) is 0 Å². The highest BCUT2D eigenvalue weighted by Crippen LogP contribution is 2.33. The quantitative estimate of drug-likeness (QED) is 0.429. The first-order valence-electron chi connectivity index (χ1n) is 11.1. The summed E-state index contributed by atoms with van der Waals surface area (Å²) in [6, 6.07) is 8.40. The molecule has 2 fully saturated rings. The van der Waals surface area contributed by atoms with Gasteiger partial charge in [-0.25, -0.2) is 9.59 Å². The zero-order chi connectivity index (χ0) is 24.5. The molecule has 12 nitrogen and oxygen atoms in total. The Morgan fingerprint density at radius 2 is 1.79 bits per heavy atom. The molecule has 2 heterocycles. The van der Waals surface area contributed by atoms with E-state index < -0.39 is 34.6 Å². The Morgan fingerprint density at radius 1 is 1.12 bits per heavy atom. The Hall–Kier alpha value is -4.09. The summed E-state index contributed by atoms with van der Waals surface area (Å²) in [7, 11) is 1.45. The molecule has 1 aliphatic carbocycles. The summed E-state index contributed by atoms with van der Waals surface area (Å²) in [5.41, 5.74) is 6.80. The monoisotopic (exact) mass is 469 g/mol. The predicted octanol–water partition coefficient (Wildman–Crippen LogP) is -0.111. The average Bonchev–Trinajstić information content (AvgIpc) is 3.01. The van der Waals surface area contributed by atoms with Crippen molar-refractivity contribution in [2.45, 2.75) is 44.2 Å². The summed E-state index contributed by atoms with van der Waals surface area (Å²) < 4.78 is 1.20. The van der Waals surface area contributed by atoms with E-state index in [1.165, 1.54) is 16.5 Å². The number of H-pyrrole nitrogens is 1. The number of benzene rings is 1. The second-order valence-electron chi connectivity index (χ2n) is 8.67. The Bertz CT molecular complexity index is 1230. The van der Waals surface area contributed by atoms with Crippen molar-refractivity contribution in [1.29, 1.82) is 0 Å². The number of nitrogen functional groups attached to an aromatic ring is 1. The van der Waals surface area contributed by atoms with Crippen molar-refractivity contribution >= 4 is 29.4 Å². The second-order valence-corrected chi connectivity index (χ2v) is 8.67. The van der Waals surface area contributed by atoms with Gasteiger partial charge in [-0.3, -0.25) is 29.4 Å². The summed E-state index contributed by atoms with van der Waals surface area (Å²) >= 11 is 0. The Balaban J connectivity index is 1.50. The summed E-state index contributed by atoms with van der Waals surface area (Å²) in [6.45, 7) is -0.263. The second kappa shape index (κ2) is 9.04. The van der Waals surface area contributed by atoms with E-state index in [1.807, 2.05) is 30.3 Å². The molecule has 1 aliphatic heterocycles. The number of aromatic nitrogens is 2. The number of nitrogens with two attached hydrogens (primary N) is 1. The number of imide groups is 1. The number of rotatable bonds is 6. The van der Waals surface area contributed by atoms with Crippen LogP contribution in [0.15, 0.2) is 39.9 Å². The Morgan fingerprint density at radius 3 is 2.47 bits per heavy atom. The molecule has 0 bridgehead atoms. The maximum Gasteiger partial charge on any atom is 0.344 e. The number of amides is 4. The van der Waals surface area contributed by atoms with Crippen molar-refractivity contribution in [2.24, 2.45) is 0 Å². The third-order valence-corrected chi connectivity index (χ3v) is 6.27. The van der Waals surface area contributed by atoms with Crippen molar-refractivity contribution in [2.75, 3.05) is 24.2 Å². The molecule has 4 rings (SSSR count). The minimum atomic E-state index is -0.969. The zero-order valence-electron chi connectivity index (χ0n) is 18.8. The van der Waals surface area contributed by atoms with E-state index in [4.69, 9.17) is 5.73 Å². The fourth-order valence-corrected chi connectivity index (χ4v) is 4.54. The van der Waals surface area contributed by atoms with Crippen LogP contribution in [0.3, 0.4) is 0 Å². The van der Waals surface area contributed by atoms with Crippen LogP contribution in [0.4, 0.5) is 16.3 Å². The van der Waals surface area contributed by atoms with E-state index in [-0.39, 0.29) is 24.6 Å². The van der Waals surface area contributed by atoms with Crippen LogP contribution in [-0.2, 0) is 16.1 Å².